The Morgan fingerprint density at radius 2 is 2.00 bits per heavy atom. The standard InChI is InChI=1S/C10H11O4/c1-12-8-14-10-4-2-9(3-5-10)6-13-7-11/h2-5H,6,8H2,1H3. The summed E-state index contributed by atoms with van der Waals surface area (Å²) < 4.78 is 14.4. The van der Waals surface area contributed by atoms with E-state index in [0.717, 1.165) is 5.56 Å². The highest BCUT2D eigenvalue weighted by Crippen LogP contribution is 2.12. The molecule has 1 rings (SSSR count). The zero-order chi connectivity index (χ0) is 10.2. The molecule has 4 nitrogen and oxygen atoms in total. The van der Waals surface area contributed by atoms with Gasteiger partial charge in [0.2, 0.25) is 0 Å². The van der Waals surface area contributed by atoms with Crippen LogP contribution in [0.5, 0.6) is 5.75 Å². The monoisotopic (exact) mass is 195 g/mol. The van der Waals surface area contributed by atoms with E-state index in [0.29, 0.717) is 5.75 Å². The number of rotatable bonds is 6. The van der Waals surface area contributed by atoms with Crippen molar-refractivity contribution in [1.29, 1.82) is 0 Å². The van der Waals surface area contributed by atoms with Gasteiger partial charge in [0.05, 0.1) is 0 Å². The molecule has 14 heavy (non-hydrogen) atoms. The van der Waals surface area contributed by atoms with Gasteiger partial charge in [-0.1, -0.05) is 12.1 Å². The molecule has 75 valence electrons. The van der Waals surface area contributed by atoms with Crippen LogP contribution in [-0.2, 0) is 20.9 Å². The highest BCUT2D eigenvalue weighted by atomic mass is 16.7. The molecular formula is C10H11O4. The van der Waals surface area contributed by atoms with E-state index in [1.165, 1.54) is 6.47 Å². The van der Waals surface area contributed by atoms with Crippen LogP contribution >= 0.6 is 0 Å². The topological polar surface area (TPSA) is 44.8 Å². The fraction of sp³-hybridized carbons (Fsp3) is 0.300. The van der Waals surface area contributed by atoms with Gasteiger partial charge in [-0.15, -0.1) is 0 Å². The molecule has 0 saturated heterocycles. The molecule has 0 unspecified atom stereocenters. The summed E-state index contributed by atoms with van der Waals surface area (Å²) in [5.74, 6) is 0.714. The molecule has 1 aromatic rings. The molecule has 0 heterocycles. The zero-order valence-electron chi connectivity index (χ0n) is 7.86. The van der Waals surface area contributed by atoms with Crippen molar-refractivity contribution in [3.8, 4) is 5.75 Å². The van der Waals surface area contributed by atoms with Gasteiger partial charge >= 0.3 is 6.47 Å². The quantitative estimate of drug-likeness (QED) is 0.641. The van der Waals surface area contributed by atoms with Crippen LogP contribution in [0.15, 0.2) is 24.3 Å². The Kier molecular flexibility index (Phi) is 4.50. The van der Waals surface area contributed by atoms with Gasteiger partial charge < -0.3 is 14.2 Å². The summed E-state index contributed by atoms with van der Waals surface area (Å²) in [7, 11) is 1.56. The molecule has 0 aliphatic heterocycles. The second kappa shape index (κ2) is 5.99. The summed E-state index contributed by atoms with van der Waals surface area (Å²) >= 11 is 0. The summed E-state index contributed by atoms with van der Waals surface area (Å²) in [4.78, 5) is 9.80. The number of hydrogen-bond donors (Lipinski definition) is 0. The van der Waals surface area contributed by atoms with E-state index in [1.807, 2.05) is 12.1 Å². The summed E-state index contributed by atoms with van der Waals surface area (Å²) in [5.41, 5.74) is 0.887. The third-order valence-electron chi connectivity index (χ3n) is 1.56. The average molecular weight is 195 g/mol. The van der Waals surface area contributed by atoms with E-state index >= 15 is 0 Å². The molecule has 1 aromatic carbocycles. The molecule has 0 spiro atoms. The fourth-order valence-corrected chi connectivity index (χ4v) is 0.922. The Balaban J connectivity index is 2.46. The van der Waals surface area contributed by atoms with Gasteiger partial charge in [0.15, 0.2) is 6.79 Å². The van der Waals surface area contributed by atoms with Crippen molar-refractivity contribution in [2.75, 3.05) is 13.9 Å². The van der Waals surface area contributed by atoms with E-state index in [2.05, 4.69) is 4.74 Å². The van der Waals surface area contributed by atoms with Crippen LogP contribution in [0.25, 0.3) is 0 Å². The lowest BCUT2D eigenvalue weighted by Gasteiger charge is -2.04. The minimum absolute atomic E-state index is 0.220. The first-order valence-corrected chi connectivity index (χ1v) is 4.06. The first-order valence-electron chi connectivity index (χ1n) is 4.06. The van der Waals surface area contributed by atoms with E-state index < -0.39 is 0 Å². The maximum atomic E-state index is 9.80. The van der Waals surface area contributed by atoms with Gasteiger partial charge in [-0.05, 0) is 17.7 Å². The Morgan fingerprint density at radius 1 is 1.29 bits per heavy atom. The SMILES string of the molecule is COCOc1ccc(CO[C]=O)cc1. The van der Waals surface area contributed by atoms with Crippen molar-refractivity contribution in [1.82, 2.24) is 0 Å². The molecule has 0 aliphatic carbocycles. The van der Waals surface area contributed by atoms with Gasteiger partial charge in [0, 0.05) is 7.11 Å². The number of benzene rings is 1. The second-order valence-electron chi connectivity index (χ2n) is 2.57. The summed E-state index contributed by atoms with van der Waals surface area (Å²) in [6, 6.07) is 7.18. The summed E-state index contributed by atoms with van der Waals surface area (Å²) in [6.07, 6.45) is 0. The van der Waals surface area contributed by atoms with E-state index in [-0.39, 0.29) is 13.4 Å². The Labute approximate surface area is 82.4 Å². The van der Waals surface area contributed by atoms with Crippen LogP contribution in [0.4, 0.5) is 0 Å². The van der Waals surface area contributed by atoms with Crippen LogP contribution in [0, 0.1) is 0 Å². The third kappa shape index (κ3) is 3.45. The van der Waals surface area contributed by atoms with Crippen LogP contribution in [0.3, 0.4) is 0 Å². The maximum absolute atomic E-state index is 9.80. The number of ether oxygens (including phenoxy) is 3. The highest BCUT2D eigenvalue weighted by molar-refractivity contribution is 5.38. The average Bonchev–Trinajstić information content (AvgIpc) is 2.25. The van der Waals surface area contributed by atoms with E-state index in [1.54, 1.807) is 19.2 Å². The van der Waals surface area contributed by atoms with Crippen molar-refractivity contribution in [2.45, 2.75) is 6.61 Å². The highest BCUT2D eigenvalue weighted by Gasteiger charge is 1.95. The Morgan fingerprint density at radius 3 is 2.57 bits per heavy atom. The van der Waals surface area contributed by atoms with Crippen molar-refractivity contribution < 1.29 is 19.0 Å². The molecule has 0 aromatic heterocycles. The van der Waals surface area contributed by atoms with Crippen LogP contribution in [0.1, 0.15) is 5.56 Å². The fourth-order valence-electron chi connectivity index (χ4n) is 0.922. The van der Waals surface area contributed by atoms with Gasteiger partial charge in [-0.2, -0.15) is 0 Å². The summed E-state index contributed by atoms with van der Waals surface area (Å²) in [5, 5.41) is 0. The van der Waals surface area contributed by atoms with Gasteiger partial charge in [-0.25, -0.2) is 4.79 Å². The first kappa shape index (κ1) is 10.5. The molecule has 0 N–H and O–H groups in total. The predicted molar refractivity (Wildman–Crippen MR) is 49.4 cm³/mol. The predicted octanol–water partition coefficient (Wildman–Crippen LogP) is 1.25. The smallest absolute Gasteiger partial charge is 0.417 e. The summed E-state index contributed by atoms with van der Waals surface area (Å²) in [6.45, 7) is 1.81. The number of hydrogen-bond acceptors (Lipinski definition) is 4. The molecule has 0 fully saturated rings. The van der Waals surface area contributed by atoms with Crippen molar-refractivity contribution in [3.05, 3.63) is 29.8 Å². The molecule has 0 atom stereocenters. The van der Waals surface area contributed by atoms with Gasteiger partial charge in [0.25, 0.3) is 0 Å². The largest absolute Gasteiger partial charge is 0.468 e. The van der Waals surface area contributed by atoms with Crippen LogP contribution in [-0.4, -0.2) is 20.4 Å². The van der Waals surface area contributed by atoms with Crippen LogP contribution < -0.4 is 4.74 Å². The van der Waals surface area contributed by atoms with Gasteiger partial charge in [-0.3, -0.25) is 0 Å². The normalized spacial score (nSPS) is 9.50. The second-order valence-corrected chi connectivity index (χ2v) is 2.57. The third-order valence-corrected chi connectivity index (χ3v) is 1.56. The van der Waals surface area contributed by atoms with Crippen LogP contribution in [0.2, 0.25) is 0 Å². The van der Waals surface area contributed by atoms with Gasteiger partial charge in [0.1, 0.15) is 12.4 Å². The number of carbonyl (C=O) groups excluding carboxylic acids is 1. The Bertz CT molecular complexity index is 268. The lowest BCUT2D eigenvalue weighted by atomic mass is 10.2. The molecule has 0 saturated carbocycles. The molecule has 0 aliphatic rings. The van der Waals surface area contributed by atoms with Crippen molar-refractivity contribution in [3.63, 3.8) is 0 Å². The molecular weight excluding hydrogens is 184 g/mol. The van der Waals surface area contributed by atoms with Crippen molar-refractivity contribution >= 4 is 6.47 Å². The minimum atomic E-state index is 0.220. The molecule has 0 bridgehead atoms. The lowest BCUT2D eigenvalue weighted by Crippen LogP contribution is -1.98. The molecule has 0 amide bonds. The van der Waals surface area contributed by atoms with Crippen molar-refractivity contribution in [2.24, 2.45) is 0 Å². The lowest BCUT2D eigenvalue weighted by molar-refractivity contribution is 0.0511. The van der Waals surface area contributed by atoms with E-state index in [4.69, 9.17) is 9.47 Å². The Hall–Kier alpha value is -1.55. The first-order chi connectivity index (χ1) is 6.86. The molecule has 1 radical (unpaired) electrons. The molecule has 4 heteroatoms. The van der Waals surface area contributed by atoms with E-state index in [9.17, 15) is 4.79 Å². The zero-order valence-corrected chi connectivity index (χ0v) is 7.86. The minimum Gasteiger partial charge on any atom is -0.468 e. The maximum Gasteiger partial charge on any atom is 0.417 e. The number of methoxy groups -OCH3 is 1.